The Balaban J connectivity index is 2.11. The van der Waals surface area contributed by atoms with Gasteiger partial charge in [0.15, 0.2) is 11.5 Å². The molecular formula is C21H29ClN2O5. The van der Waals surface area contributed by atoms with Crippen LogP contribution < -0.4 is 9.47 Å². The monoisotopic (exact) mass is 424 g/mol. The lowest BCUT2D eigenvalue weighted by molar-refractivity contribution is -0.158. The summed E-state index contributed by atoms with van der Waals surface area (Å²) < 4.78 is 16.4. The predicted molar refractivity (Wildman–Crippen MR) is 112 cm³/mol. The van der Waals surface area contributed by atoms with Crippen molar-refractivity contribution in [3.63, 3.8) is 0 Å². The summed E-state index contributed by atoms with van der Waals surface area (Å²) in [6, 6.07) is 3.47. The van der Waals surface area contributed by atoms with E-state index in [-0.39, 0.29) is 12.5 Å². The van der Waals surface area contributed by atoms with Gasteiger partial charge in [0, 0.05) is 19.2 Å². The van der Waals surface area contributed by atoms with Gasteiger partial charge < -0.3 is 24.0 Å². The molecule has 1 aromatic carbocycles. The average molecular weight is 425 g/mol. The normalized spacial score (nSPS) is 13.6. The van der Waals surface area contributed by atoms with Crippen molar-refractivity contribution in [2.75, 3.05) is 46.9 Å². The van der Waals surface area contributed by atoms with Crippen molar-refractivity contribution < 1.29 is 23.8 Å². The van der Waals surface area contributed by atoms with Gasteiger partial charge in [0.05, 0.1) is 5.02 Å². The summed E-state index contributed by atoms with van der Waals surface area (Å²) in [4.78, 5) is 28.3. The van der Waals surface area contributed by atoms with Crippen LogP contribution >= 0.6 is 11.6 Å². The van der Waals surface area contributed by atoms with E-state index in [1.165, 1.54) is 11.0 Å². The minimum atomic E-state index is -0.606. The highest BCUT2D eigenvalue weighted by atomic mass is 35.5. The Kier molecular flexibility index (Phi) is 7.93. The molecule has 1 aliphatic rings. The number of carbonyl (C=O) groups is 2. The van der Waals surface area contributed by atoms with Crippen molar-refractivity contribution in [2.24, 2.45) is 0 Å². The van der Waals surface area contributed by atoms with Gasteiger partial charge in [-0.1, -0.05) is 11.6 Å². The first-order valence-electron chi connectivity index (χ1n) is 9.48. The quantitative estimate of drug-likeness (QED) is 0.495. The van der Waals surface area contributed by atoms with Crippen LogP contribution in [0.5, 0.6) is 11.5 Å². The van der Waals surface area contributed by atoms with Crippen molar-refractivity contribution in [3.8, 4) is 11.5 Å². The number of nitrogens with zero attached hydrogens (tertiary/aromatic N) is 2. The van der Waals surface area contributed by atoms with Crippen LogP contribution in [0.3, 0.4) is 0 Å². The summed E-state index contributed by atoms with van der Waals surface area (Å²) in [5, 5.41) is 0.424. The molecule has 0 unspecified atom stereocenters. The summed E-state index contributed by atoms with van der Waals surface area (Å²) in [5.41, 5.74) is 0.0999. The van der Waals surface area contributed by atoms with E-state index in [4.69, 9.17) is 25.8 Å². The summed E-state index contributed by atoms with van der Waals surface area (Å²) in [6.45, 7) is 7.19. The third kappa shape index (κ3) is 7.59. The van der Waals surface area contributed by atoms with E-state index in [1.807, 2.05) is 19.0 Å². The number of esters is 1. The van der Waals surface area contributed by atoms with Crippen LogP contribution in [-0.4, -0.2) is 74.2 Å². The van der Waals surface area contributed by atoms with Crippen LogP contribution in [0.2, 0.25) is 5.02 Å². The number of halogens is 1. The number of hydrogen-bond acceptors (Lipinski definition) is 6. The van der Waals surface area contributed by atoms with Gasteiger partial charge in [-0.2, -0.15) is 0 Å². The lowest BCUT2D eigenvalue weighted by Crippen LogP contribution is -2.41. The first kappa shape index (κ1) is 23.0. The molecule has 1 amide bonds. The number of fused-ring (bicyclic) bond motifs is 1. The average Bonchev–Trinajstić information content (AvgIpc) is 2.61. The van der Waals surface area contributed by atoms with Crippen LogP contribution in [0.4, 0.5) is 0 Å². The number of benzene rings is 1. The SMILES string of the molecule is CN(C)CCN(CC(=O)OC(C)(C)C)C(=O)/C=C/c1cc(Cl)c2c(c1)OCCO2. The van der Waals surface area contributed by atoms with Gasteiger partial charge in [-0.3, -0.25) is 9.59 Å². The van der Waals surface area contributed by atoms with Crippen molar-refractivity contribution >= 4 is 29.6 Å². The van der Waals surface area contributed by atoms with Crippen LogP contribution in [0.25, 0.3) is 6.08 Å². The fourth-order valence-corrected chi connectivity index (χ4v) is 2.89. The summed E-state index contributed by atoms with van der Waals surface area (Å²) in [5.74, 6) is 0.331. The largest absolute Gasteiger partial charge is 0.486 e. The smallest absolute Gasteiger partial charge is 0.326 e. The molecule has 7 nitrogen and oxygen atoms in total. The van der Waals surface area contributed by atoms with Crippen LogP contribution in [0.1, 0.15) is 26.3 Å². The van der Waals surface area contributed by atoms with Crippen molar-refractivity contribution in [2.45, 2.75) is 26.4 Å². The predicted octanol–water partition coefficient (Wildman–Crippen LogP) is 2.86. The molecular weight excluding hydrogens is 396 g/mol. The minimum absolute atomic E-state index is 0.115. The Bertz CT molecular complexity index is 771. The zero-order valence-corrected chi connectivity index (χ0v) is 18.4. The van der Waals surface area contributed by atoms with E-state index >= 15 is 0 Å². The Morgan fingerprint density at radius 3 is 2.52 bits per heavy atom. The molecule has 0 bridgehead atoms. The zero-order chi connectivity index (χ0) is 21.6. The van der Waals surface area contributed by atoms with E-state index in [0.29, 0.717) is 48.4 Å². The number of amides is 1. The molecule has 0 fully saturated rings. The molecule has 1 aliphatic heterocycles. The molecule has 0 N–H and O–H groups in total. The van der Waals surface area contributed by atoms with E-state index in [9.17, 15) is 9.59 Å². The highest BCUT2D eigenvalue weighted by molar-refractivity contribution is 6.32. The molecule has 1 heterocycles. The third-order valence-electron chi connectivity index (χ3n) is 3.91. The van der Waals surface area contributed by atoms with E-state index in [2.05, 4.69) is 0 Å². The second-order valence-electron chi connectivity index (χ2n) is 8.01. The summed E-state index contributed by atoms with van der Waals surface area (Å²) >= 11 is 6.24. The lowest BCUT2D eigenvalue weighted by Gasteiger charge is -2.25. The molecule has 0 spiro atoms. The molecule has 0 aromatic heterocycles. The molecule has 8 heteroatoms. The molecule has 1 aromatic rings. The molecule has 0 radical (unpaired) electrons. The van der Waals surface area contributed by atoms with Gasteiger partial charge in [-0.15, -0.1) is 0 Å². The van der Waals surface area contributed by atoms with E-state index in [0.717, 1.165) is 0 Å². The maximum atomic E-state index is 12.7. The number of rotatable bonds is 7. The highest BCUT2D eigenvalue weighted by Gasteiger charge is 2.21. The molecule has 0 aliphatic carbocycles. The van der Waals surface area contributed by atoms with Gasteiger partial charge in [0.2, 0.25) is 5.91 Å². The van der Waals surface area contributed by atoms with Crippen molar-refractivity contribution in [1.29, 1.82) is 0 Å². The van der Waals surface area contributed by atoms with Crippen molar-refractivity contribution in [1.82, 2.24) is 9.80 Å². The molecule has 29 heavy (non-hydrogen) atoms. The Morgan fingerprint density at radius 2 is 1.86 bits per heavy atom. The van der Waals surface area contributed by atoms with Crippen molar-refractivity contribution in [3.05, 3.63) is 28.8 Å². The standard InChI is InChI=1S/C21H29ClN2O5/c1-21(2,3)29-19(26)14-24(9-8-23(4)5)18(25)7-6-15-12-16(22)20-17(13-15)27-10-11-28-20/h6-7,12-13H,8-11,14H2,1-5H3/b7-6+. The van der Waals surface area contributed by atoms with Gasteiger partial charge in [0.25, 0.3) is 0 Å². The van der Waals surface area contributed by atoms with Crippen LogP contribution in [-0.2, 0) is 14.3 Å². The van der Waals surface area contributed by atoms with E-state index < -0.39 is 11.6 Å². The fourth-order valence-electron chi connectivity index (χ4n) is 2.62. The topological polar surface area (TPSA) is 68.3 Å². The van der Waals surface area contributed by atoms with E-state index in [1.54, 1.807) is 39.0 Å². The first-order valence-corrected chi connectivity index (χ1v) is 9.85. The molecule has 160 valence electrons. The number of ether oxygens (including phenoxy) is 3. The van der Waals surface area contributed by atoms with Crippen LogP contribution in [0, 0.1) is 0 Å². The Morgan fingerprint density at radius 1 is 1.17 bits per heavy atom. The number of hydrogen-bond donors (Lipinski definition) is 0. The third-order valence-corrected chi connectivity index (χ3v) is 4.19. The van der Waals surface area contributed by atoms with Gasteiger partial charge in [-0.25, -0.2) is 0 Å². The molecule has 0 atom stereocenters. The van der Waals surface area contributed by atoms with Crippen LogP contribution in [0.15, 0.2) is 18.2 Å². The zero-order valence-electron chi connectivity index (χ0n) is 17.7. The van der Waals surface area contributed by atoms with Gasteiger partial charge >= 0.3 is 5.97 Å². The highest BCUT2D eigenvalue weighted by Crippen LogP contribution is 2.38. The molecule has 0 saturated heterocycles. The summed E-state index contributed by atoms with van der Waals surface area (Å²) in [6.07, 6.45) is 3.06. The lowest BCUT2D eigenvalue weighted by atomic mass is 10.1. The Hall–Kier alpha value is -2.25. The maximum absolute atomic E-state index is 12.7. The van der Waals surface area contributed by atoms with Gasteiger partial charge in [0.1, 0.15) is 25.4 Å². The summed E-state index contributed by atoms with van der Waals surface area (Å²) in [7, 11) is 3.81. The Labute approximate surface area is 177 Å². The number of likely N-dealkylation sites (N-methyl/N-ethyl adjacent to an activating group) is 1. The molecule has 0 saturated carbocycles. The fraction of sp³-hybridized carbons (Fsp3) is 0.524. The number of carbonyl (C=O) groups excluding carboxylic acids is 2. The second-order valence-corrected chi connectivity index (χ2v) is 8.42. The maximum Gasteiger partial charge on any atom is 0.326 e. The first-order chi connectivity index (χ1) is 13.5. The minimum Gasteiger partial charge on any atom is -0.486 e. The van der Waals surface area contributed by atoms with Gasteiger partial charge in [-0.05, 0) is 58.6 Å². The second kappa shape index (κ2) is 9.98. The molecule has 2 rings (SSSR count).